The molecule has 0 atom stereocenters. The normalized spacial score (nSPS) is 11.5. The fraction of sp³-hybridized carbons (Fsp3) is 0.167. The van der Waals surface area contributed by atoms with Crippen molar-refractivity contribution >= 4 is 15.7 Å². The summed E-state index contributed by atoms with van der Waals surface area (Å²) in [5.74, 6) is -0.811. The van der Waals surface area contributed by atoms with Crippen molar-refractivity contribution in [2.24, 2.45) is 0 Å². The van der Waals surface area contributed by atoms with E-state index in [4.69, 9.17) is 5.73 Å². The molecule has 8 heteroatoms. The average Bonchev–Trinajstić information content (AvgIpc) is 2.42. The van der Waals surface area contributed by atoms with Crippen LogP contribution in [0.4, 0.5) is 10.1 Å². The fourth-order valence-corrected chi connectivity index (χ4v) is 2.81. The van der Waals surface area contributed by atoms with Crippen LogP contribution in [0.1, 0.15) is 11.3 Å². The predicted molar refractivity (Wildman–Crippen MR) is 71.6 cm³/mol. The van der Waals surface area contributed by atoms with Gasteiger partial charge in [-0.2, -0.15) is 0 Å². The first-order valence-electron chi connectivity index (χ1n) is 5.70. The lowest BCUT2D eigenvalue weighted by Gasteiger charge is -2.09. The zero-order chi connectivity index (χ0) is 14.8. The van der Waals surface area contributed by atoms with Crippen molar-refractivity contribution in [3.8, 4) is 0 Å². The van der Waals surface area contributed by atoms with Gasteiger partial charge in [-0.05, 0) is 30.7 Å². The molecule has 1 aromatic carbocycles. The minimum absolute atomic E-state index is 0.0574. The highest BCUT2D eigenvalue weighted by Crippen LogP contribution is 2.21. The van der Waals surface area contributed by atoms with Crippen molar-refractivity contribution in [1.82, 2.24) is 14.7 Å². The Morgan fingerprint density at radius 1 is 1.40 bits per heavy atom. The molecule has 20 heavy (non-hydrogen) atoms. The van der Waals surface area contributed by atoms with E-state index in [1.54, 1.807) is 6.07 Å². The number of sulfonamides is 1. The Morgan fingerprint density at radius 2 is 2.15 bits per heavy atom. The van der Waals surface area contributed by atoms with Gasteiger partial charge in [0, 0.05) is 11.9 Å². The van der Waals surface area contributed by atoms with E-state index in [0.717, 1.165) is 6.07 Å². The molecule has 2 aromatic rings. The molecule has 0 spiro atoms. The van der Waals surface area contributed by atoms with E-state index in [9.17, 15) is 12.8 Å². The van der Waals surface area contributed by atoms with Gasteiger partial charge in [-0.3, -0.25) is 0 Å². The lowest BCUT2D eigenvalue weighted by atomic mass is 10.2. The van der Waals surface area contributed by atoms with E-state index in [1.165, 1.54) is 25.5 Å². The lowest BCUT2D eigenvalue weighted by Crippen LogP contribution is -2.25. The highest BCUT2D eigenvalue weighted by Gasteiger charge is 2.21. The number of nitrogens with zero attached hydrogens (tertiary/aromatic N) is 2. The third-order valence-corrected chi connectivity index (χ3v) is 4.02. The monoisotopic (exact) mass is 296 g/mol. The summed E-state index contributed by atoms with van der Waals surface area (Å²) in [5.41, 5.74) is 6.39. The molecule has 0 saturated heterocycles. The van der Waals surface area contributed by atoms with Gasteiger partial charge in [0.05, 0.1) is 12.2 Å². The second kappa shape index (κ2) is 5.51. The van der Waals surface area contributed by atoms with Gasteiger partial charge in [-0.1, -0.05) is 0 Å². The molecule has 0 aliphatic carbocycles. The van der Waals surface area contributed by atoms with Crippen LogP contribution in [0.15, 0.2) is 35.6 Å². The van der Waals surface area contributed by atoms with E-state index in [2.05, 4.69) is 14.7 Å². The number of aromatic nitrogens is 2. The molecule has 0 amide bonds. The molecule has 0 fully saturated rings. The Hall–Kier alpha value is -2.06. The van der Waals surface area contributed by atoms with E-state index >= 15 is 0 Å². The third kappa shape index (κ3) is 3.09. The van der Waals surface area contributed by atoms with E-state index in [-0.39, 0.29) is 17.8 Å². The van der Waals surface area contributed by atoms with Crippen LogP contribution >= 0.6 is 0 Å². The van der Waals surface area contributed by atoms with Crippen LogP contribution in [0.25, 0.3) is 0 Å². The number of benzene rings is 1. The summed E-state index contributed by atoms with van der Waals surface area (Å²) in [7, 11) is -4.00. The van der Waals surface area contributed by atoms with Crippen LogP contribution in [-0.2, 0) is 16.6 Å². The van der Waals surface area contributed by atoms with Crippen molar-refractivity contribution in [2.75, 3.05) is 5.73 Å². The maximum Gasteiger partial charge on any atom is 0.243 e. The number of hydrogen-bond acceptors (Lipinski definition) is 5. The van der Waals surface area contributed by atoms with Gasteiger partial charge in [0.15, 0.2) is 0 Å². The molecule has 2 rings (SSSR count). The summed E-state index contributed by atoms with van der Waals surface area (Å²) in [6, 6.07) is 4.02. The van der Waals surface area contributed by atoms with Crippen molar-refractivity contribution in [2.45, 2.75) is 18.4 Å². The number of nitrogens with two attached hydrogens (primary N) is 1. The largest absolute Gasteiger partial charge is 0.399 e. The molecule has 1 aromatic heterocycles. The van der Waals surface area contributed by atoms with Crippen LogP contribution in [0.5, 0.6) is 0 Å². The number of rotatable bonds is 4. The molecule has 0 aliphatic heterocycles. The van der Waals surface area contributed by atoms with Crippen LogP contribution in [0, 0.1) is 12.7 Å². The first-order valence-corrected chi connectivity index (χ1v) is 7.18. The standard InChI is InChI=1S/C12H13FN4O2S/c1-8-4-9(14)5-11(12(8)13)20(18,19)17-6-10-2-3-15-7-16-10/h2-5,7,17H,6,14H2,1H3. The Bertz CT molecular complexity index is 720. The smallest absolute Gasteiger partial charge is 0.243 e. The molecular weight excluding hydrogens is 283 g/mol. The van der Waals surface area contributed by atoms with Crippen molar-refractivity contribution in [3.63, 3.8) is 0 Å². The summed E-state index contributed by atoms with van der Waals surface area (Å²) in [4.78, 5) is 7.13. The Balaban J connectivity index is 2.27. The summed E-state index contributed by atoms with van der Waals surface area (Å²) in [5, 5.41) is 0. The molecule has 0 unspecified atom stereocenters. The highest BCUT2D eigenvalue weighted by atomic mass is 32.2. The molecule has 1 heterocycles. The molecule has 106 valence electrons. The second-order valence-corrected chi connectivity index (χ2v) is 5.91. The van der Waals surface area contributed by atoms with Crippen LogP contribution in [0.2, 0.25) is 0 Å². The van der Waals surface area contributed by atoms with Gasteiger partial charge in [0.1, 0.15) is 17.0 Å². The zero-order valence-corrected chi connectivity index (χ0v) is 11.5. The Kier molecular flexibility index (Phi) is 3.96. The van der Waals surface area contributed by atoms with Crippen LogP contribution in [0.3, 0.4) is 0 Å². The summed E-state index contributed by atoms with van der Waals surface area (Å²) >= 11 is 0. The number of aryl methyl sites for hydroxylation is 1. The van der Waals surface area contributed by atoms with Gasteiger partial charge in [0.25, 0.3) is 0 Å². The van der Waals surface area contributed by atoms with E-state index < -0.39 is 20.7 Å². The number of hydrogen-bond donors (Lipinski definition) is 2. The molecule has 0 bridgehead atoms. The fourth-order valence-electron chi connectivity index (χ4n) is 1.63. The van der Waals surface area contributed by atoms with Crippen molar-refractivity contribution in [3.05, 3.63) is 47.8 Å². The maximum absolute atomic E-state index is 13.9. The van der Waals surface area contributed by atoms with E-state index in [1.807, 2.05) is 0 Å². The molecule has 0 aliphatic rings. The summed E-state index contributed by atoms with van der Waals surface area (Å²) < 4.78 is 40.3. The number of nitrogen functional groups attached to an aromatic ring is 1. The van der Waals surface area contributed by atoms with Gasteiger partial charge >= 0.3 is 0 Å². The summed E-state index contributed by atoms with van der Waals surface area (Å²) in [6.45, 7) is 1.40. The minimum atomic E-state index is -4.00. The average molecular weight is 296 g/mol. The Labute approximate surface area is 115 Å². The SMILES string of the molecule is Cc1cc(N)cc(S(=O)(=O)NCc2ccncn2)c1F. The number of nitrogens with one attached hydrogen (secondary N) is 1. The number of halogens is 1. The quantitative estimate of drug-likeness (QED) is 0.820. The van der Waals surface area contributed by atoms with E-state index in [0.29, 0.717) is 5.69 Å². The van der Waals surface area contributed by atoms with Gasteiger partial charge < -0.3 is 5.73 Å². The molecule has 6 nitrogen and oxygen atoms in total. The van der Waals surface area contributed by atoms with Crippen LogP contribution in [-0.4, -0.2) is 18.4 Å². The maximum atomic E-state index is 13.9. The van der Waals surface area contributed by atoms with Crippen LogP contribution < -0.4 is 10.5 Å². The van der Waals surface area contributed by atoms with Crippen molar-refractivity contribution in [1.29, 1.82) is 0 Å². The van der Waals surface area contributed by atoms with Crippen molar-refractivity contribution < 1.29 is 12.8 Å². The zero-order valence-electron chi connectivity index (χ0n) is 10.7. The minimum Gasteiger partial charge on any atom is -0.399 e. The predicted octanol–water partition coefficient (Wildman–Crippen LogP) is 0.985. The molecular formula is C12H13FN4O2S. The topological polar surface area (TPSA) is 98.0 Å². The second-order valence-electron chi connectivity index (χ2n) is 4.18. The van der Waals surface area contributed by atoms with Gasteiger partial charge in [-0.15, -0.1) is 0 Å². The number of anilines is 1. The van der Waals surface area contributed by atoms with Gasteiger partial charge in [0.2, 0.25) is 10.0 Å². The molecule has 3 N–H and O–H groups in total. The lowest BCUT2D eigenvalue weighted by molar-refractivity contribution is 0.552. The molecule has 0 saturated carbocycles. The first-order chi connectivity index (χ1) is 9.40. The Morgan fingerprint density at radius 3 is 2.80 bits per heavy atom. The van der Waals surface area contributed by atoms with Gasteiger partial charge in [-0.25, -0.2) is 27.5 Å². The first kappa shape index (κ1) is 14.4. The summed E-state index contributed by atoms with van der Waals surface area (Å²) in [6.07, 6.45) is 2.79. The highest BCUT2D eigenvalue weighted by molar-refractivity contribution is 7.89. The molecule has 0 radical (unpaired) electrons. The third-order valence-electron chi connectivity index (χ3n) is 2.62.